The molecule has 1 aliphatic heterocycles. The quantitative estimate of drug-likeness (QED) is 0.104. The Morgan fingerprint density at radius 2 is 1.62 bits per heavy atom. The predicted octanol–water partition coefficient (Wildman–Crippen LogP) is 5.65. The van der Waals surface area contributed by atoms with Crippen LogP contribution < -0.4 is 31.0 Å². The molecule has 1 saturated carbocycles. The highest BCUT2D eigenvalue weighted by Crippen LogP contribution is 2.45. The molecule has 1 aromatic heterocycles. The second-order valence-electron chi connectivity index (χ2n) is 17.4. The highest BCUT2D eigenvalue weighted by molar-refractivity contribution is 5.99. The van der Waals surface area contributed by atoms with E-state index in [9.17, 15) is 24.0 Å². The third kappa shape index (κ3) is 10.0. The van der Waals surface area contributed by atoms with Crippen molar-refractivity contribution in [2.45, 2.75) is 90.1 Å². The first-order valence-electron chi connectivity index (χ1n) is 20.0. The molecule has 4 N–H and O–H groups in total. The van der Waals surface area contributed by atoms with Gasteiger partial charge in [-0.25, -0.2) is 9.78 Å². The summed E-state index contributed by atoms with van der Waals surface area (Å²) in [5.74, 6) is -1.56. The van der Waals surface area contributed by atoms with Crippen molar-refractivity contribution in [1.29, 1.82) is 0 Å². The molecule has 60 heavy (non-hydrogen) atoms. The van der Waals surface area contributed by atoms with Gasteiger partial charge in [-0.15, -0.1) is 6.58 Å². The maximum Gasteiger partial charge on any atom is 0.408 e. The zero-order chi connectivity index (χ0) is 43.4. The van der Waals surface area contributed by atoms with E-state index in [4.69, 9.17) is 19.2 Å². The second kappa shape index (κ2) is 17.4. The molecule has 2 heterocycles. The lowest BCUT2D eigenvalue weighted by Gasteiger charge is -2.36. The van der Waals surface area contributed by atoms with Crippen LogP contribution in [0.1, 0.15) is 59.9 Å². The fourth-order valence-corrected chi connectivity index (χ4v) is 7.35. The number of amides is 5. The Morgan fingerprint density at radius 3 is 2.23 bits per heavy atom. The van der Waals surface area contributed by atoms with Gasteiger partial charge < -0.3 is 29.7 Å². The number of hydrogen-bond acceptors (Lipinski definition) is 9. The van der Waals surface area contributed by atoms with Crippen LogP contribution in [0.3, 0.4) is 0 Å². The minimum atomic E-state index is -1.43. The van der Waals surface area contributed by atoms with Crippen molar-refractivity contribution in [2.24, 2.45) is 11.3 Å². The maximum atomic E-state index is 14.7. The number of methoxy groups -OCH3 is 1. The van der Waals surface area contributed by atoms with Gasteiger partial charge in [0.05, 0.1) is 31.3 Å². The maximum absolute atomic E-state index is 14.7. The lowest BCUT2D eigenvalue weighted by atomic mass is 9.85. The fourth-order valence-electron chi connectivity index (χ4n) is 7.35. The molecule has 14 nitrogen and oxygen atoms in total. The second-order valence-corrected chi connectivity index (χ2v) is 17.4. The molecule has 0 unspecified atom stereocenters. The lowest BCUT2D eigenvalue weighted by molar-refractivity contribution is -0.143. The van der Waals surface area contributed by atoms with Crippen LogP contribution in [0.4, 0.5) is 4.79 Å². The van der Waals surface area contributed by atoms with E-state index in [0.29, 0.717) is 28.1 Å². The van der Waals surface area contributed by atoms with Crippen molar-refractivity contribution < 1.29 is 38.2 Å². The van der Waals surface area contributed by atoms with Gasteiger partial charge in [0, 0.05) is 35.4 Å². The summed E-state index contributed by atoms with van der Waals surface area (Å²) < 4.78 is 17.8. The standard InChI is InChI=1S/C46H54N6O8/c1-9-30-26-46(30,42(56)51-50-38(53)22-28-16-12-10-13-17-28)49-40(54)36-24-32(27-52(36)41(55)39(44(2,3)4)48-43(57)60-45(5,6)7)59-37-25-34(29-18-14-11-15-19-29)47-35-23-31(58-8)20-21-33(35)37/h9-21,23,25,30,32,36,39H,1,22,24,26-27H2,2-8H3,(H,48,57)(H,49,54)(H,50,53)(H,51,56)/t30-,32-,36+,39-,46-/m1/s1. The smallest absolute Gasteiger partial charge is 0.408 e. The van der Waals surface area contributed by atoms with E-state index in [1.165, 1.54) is 4.90 Å². The highest BCUT2D eigenvalue weighted by Gasteiger charge is 2.61. The summed E-state index contributed by atoms with van der Waals surface area (Å²) in [4.78, 5) is 75.2. The van der Waals surface area contributed by atoms with Crippen molar-refractivity contribution in [3.63, 3.8) is 0 Å². The van der Waals surface area contributed by atoms with Crippen molar-refractivity contribution in [3.8, 4) is 22.8 Å². The number of hydrazine groups is 1. The third-order valence-electron chi connectivity index (χ3n) is 10.5. The van der Waals surface area contributed by atoms with Gasteiger partial charge >= 0.3 is 6.09 Å². The Kier molecular flexibility index (Phi) is 12.5. The predicted molar refractivity (Wildman–Crippen MR) is 226 cm³/mol. The summed E-state index contributed by atoms with van der Waals surface area (Å²) in [6.07, 6.45) is 0.385. The average Bonchev–Trinajstić information content (AvgIpc) is 3.76. The van der Waals surface area contributed by atoms with Gasteiger partial charge in [0.1, 0.15) is 40.8 Å². The van der Waals surface area contributed by atoms with Crippen LogP contribution in [0.5, 0.6) is 11.5 Å². The van der Waals surface area contributed by atoms with E-state index in [2.05, 4.69) is 28.1 Å². The molecule has 4 aromatic rings. The molecule has 3 aromatic carbocycles. The van der Waals surface area contributed by atoms with Crippen LogP contribution in [-0.2, 0) is 30.3 Å². The number of aromatic nitrogens is 1. The molecule has 2 fully saturated rings. The number of hydrogen-bond donors (Lipinski definition) is 4. The largest absolute Gasteiger partial charge is 0.497 e. The van der Waals surface area contributed by atoms with E-state index in [1.807, 2.05) is 66.7 Å². The number of likely N-dealkylation sites (tertiary alicyclic amines) is 1. The number of rotatable bonds is 12. The number of carbonyl (C=O) groups is 5. The topological polar surface area (TPSA) is 177 Å². The minimum Gasteiger partial charge on any atom is -0.497 e. The summed E-state index contributed by atoms with van der Waals surface area (Å²) in [6.45, 7) is 14.4. The first-order valence-corrected chi connectivity index (χ1v) is 20.0. The van der Waals surface area contributed by atoms with Gasteiger partial charge in [-0.3, -0.25) is 30.0 Å². The summed E-state index contributed by atoms with van der Waals surface area (Å²) in [7, 11) is 1.58. The van der Waals surface area contributed by atoms with E-state index in [0.717, 1.165) is 11.1 Å². The van der Waals surface area contributed by atoms with Gasteiger partial charge in [0.2, 0.25) is 17.7 Å². The number of benzene rings is 3. The monoisotopic (exact) mass is 818 g/mol. The van der Waals surface area contributed by atoms with Crippen molar-refractivity contribution in [1.82, 2.24) is 31.4 Å². The number of fused-ring (bicyclic) bond motifs is 1. The minimum absolute atomic E-state index is 0.0280. The Bertz CT molecular complexity index is 2250. The van der Waals surface area contributed by atoms with Gasteiger partial charge in [-0.1, -0.05) is 87.5 Å². The third-order valence-corrected chi connectivity index (χ3v) is 10.5. The molecule has 6 rings (SSSR count). The number of ether oxygens (including phenoxy) is 3. The molecule has 14 heteroatoms. The fraction of sp³-hybridized carbons (Fsp3) is 0.391. The zero-order valence-corrected chi connectivity index (χ0v) is 35.2. The molecule has 0 bridgehead atoms. The van der Waals surface area contributed by atoms with Crippen LogP contribution in [0.2, 0.25) is 0 Å². The zero-order valence-electron chi connectivity index (χ0n) is 35.2. The Labute approximate surface area is 350 Å². The Balaban J connectivity index is 1.30. The van der Waals surface area contributed by atoms with E-state index >= 15 is 0 Å². The molecular weight excluding hydrogens is 765 g/mol. The van der Waals surface area contributed by atoms with Gasteiger partial charge in [0.15, 0.2) is 0 Å². The lowest BCUT2D eigenvalue weighted by Crippen LogP contribution is -2.61. The number of nitrogens with one attached hydrogen (secondary N) is 4. The molecule has 2 aliphatic rings. The van der Waals surface area contributed by atoms with Crippen LogP contribution >= 0.6 is 0 Å². The highest BCUT2D eigenvalue weighted by atomic mass is 16.6. The van der Waals surface area contributed by atoms with Crippen molar-refractivity contribution >= 4 is 40.6 Å². The number of carbonyl (C=O) groups excluding carboxylic acids is 5. The van der Waals surface area contributed by atoms with Crippen LogP contribution in [-0.4, -0.2) is 82.6 Å². The van der Waals surface area contributed by atoms with Crippen LogP contribution in [0.25, 0.3) is 22.2 Å². The molecule has 0 spiro atoms. The Hall–Kier alpha value is -6.44. The molecule has 0 radical (unpaired) electrons. The summed E-state index contributed by atoms with van der Waals surface area (Å²) in [5.41, 5.74) is 4.74. The molecule has 1 saturated heterocycles. The molecule has 5 atom stereocenters. The van der Waals surface area contributed by atoms with Gasteiger partial charge in [-0.2, -0.15) is 0 Å². The summed E-state index contributed by atoms with van der Waals surface area (Å²) in [6, 6.07) is 23.7. The van der Waals surface area contributed by atoms with Crippen molar-refractivity contribution in [2.75, 3.05) is 13.7 Å². The number of pyridine rings is 1. The first-order chi connectivity index (χ1) is 28.4. The van der Waals surface area contributed by atoms with Crippen molar-refractivity contribution in [3.05, 3.63) is 103 Å². The summed E-state index contributed by atoms with van der Waals surface area (Å²) in [5, 5.41) is 6.36. The SMILES string of the molecule is C=C[C@@H]1C[C@]1(NC(=O)[C@@H]1C[C@@H](Oc2cc(-c3ccccc3)nc3cc(OC)ccc23)CN1C(=O)[C@@H](NC(=O)OC(C)(C)C)C(C)(C)C)C(=O)NNC(=O)Cc1ccccc1. The molecule has 316 valence electrons. The average molecular weight is 819 g/mol. The molecule has 1 aliphatic carbocycles. The summed E-state index contributed by atoms with van der Waals surface area (Å²) >= 11 is 0. The first kappa shape index (κ1) is 43.1. The Morgan fingerprint density at radius 1 is 0.933 bits per heavy atom. The number of alkyl carbamates (subject to hydrolysis) is 1. The van der Waals surface area contributed by atoms with Crippen LogP contribution in [0, 0.1) is 11.3 Å². The normalized spacial score (nSPS) is 20.3. The van der Waals surface area contributed by atoms with E-state index in [-0.39, 0.29) is 25.8 Å². The number of nitrogens with zero attached hydrogens (tertiary/aromatic N) is 2. The van der Waals surface area contributed by atoms with E-state index in [1.54, 1.807) is 72.9 Å². The van der Waals surface area contributed by atoms with Gasteiger partial charge in [0.25, 0.3) is 5.91 Å². The van der Waals surface area contributed by atoms with Crippen LogP contribution in [0.15, 0.2) is 97.6 Å². The molecule has 5 amide bonds. The molecular formula is C46H54N6O8. The van der Waals surface area contributed by atoms with E-state index < -0.39 is 70.4 Å². The van der Waals surface area contributed by atoms with Gasteiger partial charge in [-0.05, 0) is 50.3 Å².